The summed E-state index contributed by atoms with van der Waals surface area (Å²) < 4.78 is 0. The van der Waals surface area contributed by atoms with Crippen LogP contribution in [0.2, 0.25) is 0 Å². The maximum absolute atomic E-state index is 9.65. The summed E-state index contributed by atoms with van der Waals surface area (Å²) in [6, 6.07) is 16.7. The molecular formula is C15H15NO. The molecule has 0 radical (unpaired) electrons. The third-order valence-corrected chi connectivity index (χ3v) is 3.20. The number of rotatable bonds is 1. The zero-order chi connectivity index (χ0) is 11.7. The molecule has 1 aliphatic rings. The Balaban J connectivity index is 2.01. The van der Waals surface area contributed by atoms with Crippen LogP contribution >= 0.6 is 0 Å². The van der Waals surface area contributed by atoms with Crippen LogP contribution in [0.4, 0.5) is 5.69 Å². The third kappa shape index (κ3) is 2.04. The lowest BCUT2D eigenvalue weighted by molar-refractivity contribution is 0.184. The van der Waals surface area contributed by atoms with Crippen LogP contribution < -0.4 is 5.32 Å². The van der Waals surface area contributed by atoms with Gasteiger partial charge in [-0.15, -0.1) is 0 Å². The summed E-state index contributed by atoms with van der Waals surface area (Å²) in [4.78, 5) is 0. The molecule has 0 amide bonds. The molecule has 1 unspecified atom stereocenters. The largest absolute Gasteiger partial charge is 0.391 e. The SMILES string of the molecule is OC1CNc2ccc(-c3ccccc3)cc2C1. The maximum Gasteiger partial charge on any atom is 0.0753 e. The first-order valence-electron chi connectivity index (χ1n) is 5.93. The minimum absolute atomic E-state index is 0.270. The van der Waals surface area contributed by atoms with Gasteiger partial charge in [-0.05, 0) is 28.8 Å². The summed E-state index contributed by atoms with van der Waals surface area (Å²) in [5.74, 6) is 0. The van der Waals surface area contributed by atoms with Crippen molar-refractivity contribution in [1.29, 1.82) is 0 Å². The summed E-state index contributed by atoms with van der Waals surface area (Å²) in [5.41, 5.74) is 4.77. The highest BCUT2D eigenvalue weighted by atomic mass is 16.3. The second-order valence-electron chi connectivity index (χ2n) is 4.48. The zero-order valence-corrected chi connectivity index (χ0v) is 9.56. The van der Waals surface area contributed by atoms with Gasteiger partial charge in [-0.2, -0.15) is 0 Å². The Morgan fingerprint density at radius 1 is 1.00 bits per heavy atom. The van der Waals surface area contributed by atoms with E-state index in [4.69, 9.17) is 0 Å². The summed E-state index contributed by atoms with van der Waals surface area (Å²) in [7, 11) is 0. The first-order chi connectivity index (χ1) is 8.33. The summed E-state index contributed by atoms with van der Waals surface area (Å²) >= 11 is 0. The molecule has 17 heavy (non-hydrogen) atoms. The van der Waals surface area contributed by atoms with E-state index in [-0.39, 0.29) is 6.10 Å². The van der Waals surface area contributed by atoms with E-state index in [1.54, 1.807) is 0 Å². The standard InChI is InChI=1S/C15H15NO/c17-14-9-13-8-12(6-7-15(13)16-10-14)11-4-2-1-3-5-11/h1-8,14,16-17H,9-10H2. The topological polar surface area (TPSA) is 32.3 Å². The molecule has 0 aliphatic carbocycles. The molecule has 1 heterocycles. The quantitative estimate of drug-likeness (QED) is 0.782. The van der Waals surface area contributed by atoms with Crippen molar-refractivity contribution < 1.29 is 5.11 Å². The van der Waals surface area contributed by atoms with E-state index in [1.807, 2.05) is 18.2 Å². The number of aliphatic hydroxyl groups excluding tert-OH is 1. The fraction of sp³-hybridized carbons (Fsp3) is 0.200. The molecule has 3 rings (SSSR count). The molecule has 1 aliphatic heterocycles. The predicted octanol–water partition coefficient (Wildman–Crippen LogP) is 2.68. The molecule has 2 aromatic rings. The highest BCUT2D eigenvalue weighted by Crippen LogP contribution is 2.28. The fourth-order valence-corrected chi connectivity index (χ4v) is 2.30. The van der Waals surface area contributed by atoms with Crippen LogP contribution in [0, 0.1) is 0 Å². The number of nitrogens with one attached hydrogen (secondary N) is 1. The number of hydrogen-bond donors (Lipinski definition) is 2. The summed E-state index contributed by atoms with van der Waals surface area (Å²) in [6.45, 7) is 0.650. The normalized spacial score (nSPS) is 18.3. The number of β-amino-alcohol motifs (C(OH)–C–C–N with tert-alkyl or cyclic N) is 1. The van der Waals surface area contributed by atoms with Crippen molar-refractivity contribution in [3.05, 3.63) is 54.1 Å². The summed E-state index contributed by atoms with van der Waals surface area (Å²) in [6.07, 6.45) is 0.469. The van der Waals surface area contributed by atoms with Gasteiger partial charge in [-0.25, -0.2) is 0 Å². The molecule has 1 atom stereocenters. The number of aliphatic hydroxyl groups is 1. The summed E-state index contributed by atoms with van der Waals surface area (Å²) in [5, 5.41) is 12.9. The van der Waals surface area contributed by atoms with Crippen LogP contribution in [0.5, 0.6) is 0 Å². The van der Waals surface area contributed by atoms with Crippen molar-refractivity contribution in [2.24, 2.45) is 0 Å². The van der Waals surface area contributed by atoms with Gasteiger partial charge in [0.2, 0.25) is 0 Å². The van der Waals surface area contributed by atoms with E-state index in [0.29, 0.717) is 6.54 Å². The van der Waals surface area contributed by atoms with Crippen molar-refractivity contribution in [3.63, 3.8) is 0 Å². The average Bonchev–Trinajstić information content (AvgIpc) is 2.39. The van der Waals surface area contributed by atoms with Gasteiger partial charge in [-0.1, -0.05) is 36.4 Å². The molecule has 2 heteroatoms. The molecule has 86 valence electrons. The van der Waals surface area contributed by atoms with E-state index in [0.717, 1.165) is 12.1 Å². The highest BCUT2D eigenvalue weighted by molar-refractivity contribution is 5.69. The molecule has 2 aromatic carbocycles. The van der Waals surface area contributed by atoms with Gasteiger partial charge in [-0.3, -0.25) is 0 Å². The maximum atomic E-state index is 9.65. The molecule has 0 aromatic heterocycles. The van der Waals surface area contributed by atoms with Crippen LogP contribution in [0.25, 0.3) is 11.1 Å². The van der Waals surface area contributed by atoms with E-state index in [9.17, 15) is 5.11 Å². The van der Waals surface area contributed by atoms with Crippen molar-refractivity contribution in [1.82, 2.24) is 0 Å². The first kappa shape index (κ1) is 10.4. The minimum atomic E-state index is -0.270. The first-order valence-corrected chi connectivity index (χ1v) is 5.93. The van der Waals surface area contributed by atoms with E-state index >= 15 is 0 Å². The van der Waals surface area contributed by atoms with Crippen LogP contribution in [-0.4, -0.2) is 17.8 Å². The van der Waals surface area contributed by atoms with E-state index in [2.05, 4.69) is 35.6 Å². The fourth-order valence-electron chi connectivity index (χ4n) is 2.30. The Bertz CT molecular complexity index is 522. The van der Waals surface area contributed by atoms with E-state index in [1.165, 1.54) is 16.7 Å². The molecule has 0 spiro atoms. The zero-order valence-electron chi connectivity index (χ0n) is 9.56. The van der Waals surface area contributed by atoms with Crippen LogP contribution in [0.1, 0.15) is 5.56 Å². The predicted molar refractivity (Wildman–Crippen MR) is 70.1 cm³/mol. The monoisotopic (exact) mass is 225 g/mol. The van der Waals surface area contributed by atoms with Crippen molar-refractivity contribution in [2.45, 2.75) is 12.5 Å². The Kier molecular flexibility index (Phi) is 2.57. The second-order valence-corrected chi connectivity index (χ2v) is 4.48. The molecular weight excluding hydrogens is 210 g/mol. The van der Waals surface area contributed by atoms with Crippen LogP contribution in [0.3, 0.4) is 0 Å². The lowest BCUT2D eigenvalue weighted by Crippen LogP contribution is -2.27. The van der Waals surface area contributed by atoms with Crippen LogP contribution in [-0.2, 0) is 6.42 Å². The van der Waals surface area contributed by atoms with Gasteiger partial charge in [0.05, 0.1) is 6.10 Å². The van der Waals surface area contributed by atoms with Gasteiger partial charge in [0.25, 0.3) is 0 Å². The average molecular weight is 225 g/mol. The second kappa shape index (κ2) is 4.22. The molecule has 0 fully saturated rings. The molecule has 0 saturated heterocycles. The van der Waals surface area contributed by atoms with E-state index < -0.39 is 0 Å². The third-order valence-electron chi connectivity index (χ3n) is 3.20. The lowest BCUT2D eigenvalue weighted by Gasteiger charge is -2.23. The Morgan fingerprint density at radius 3 is 2.65 bits per heavy atom. The van der Waals surface area contributed by atoms with Crippen molar-refractivity contribution >= 4 is 5.69 Å². The Morgan fingerprint density at radius 2 is 1.82 bits per heavy atom. The number of anilines is 1. The van der Waals surface area contributed by atoms with Gasteiger partial charge in [0.15, 0.2) is 0 Å². The Labute approximate surface area is 101 Å². The number of benzene rings is 2. The van der Waals surface area contributed by atoms with Gasteiger partial charge >= 0.3 is 0 Å². The molecule has 2 nitrogen and oxygen atoms in total. The smallest absolute Gasteiger partial charge is 0.0753 e. The molecule has 0 saturated carbocycles. The lowest BCUT2D eigenvalue weighted by atomic mass is 9.96. The van der Waals surface area contributed by atoms with Crippen molar-refractivity contribution in [2.75, 3.05) is 11.9 Å². The van der Waals surface area contributed by atoms with Crippen molar-refractivity contribution in [3.8, 4) is 11.1 Å². The van der Waals surface area contributed by atoms with Gasteiger partial charge < -0.3 is 10.4 Å². The molecule has 0 bridgehead atoms. The van der Waals surface area contributed by atoms with Crippen LogP contribution in [0.15, 0.2) is 48.5 Å². The molecule has 2 N–H and O–H groups in total. The van der Waals surface area contributed by atoms with Gasteiger partial charge in [0, 0.05) is 18.7 Å². The number of fused-ring (bicyclic) bond motifs is 1. The minimum Gasteiger partial charge on any atom is -0.391 e. The highest BCUT2D eigenvalue weighted by Gasteiger charge is 2.15. The number of hydrogen-bond acceptors (Lipinski definition) is 2. The Hall–Kier alpha value is -1.80. The van der Waals surface area contributed by atoms with Gasteiger partial charge in [0.1, 0.15) is 0 Å².